The molecule has 1 aliphatic heterocycles. The van der Waals surface area contributed by atoms with E-state index in [9.17, 15) is 4.79 Å². The highest BCUT2D eigenvalue weighted by Gasteiger charge is 2.56. The first-order valence-corrected chi connectivity index (χ1v) is 16.5. The lowest BCUT2D eigenvalue weighted by Gasteiger charge is -2.39. The molecule has 2 atom stereocenters. The number of methoxy groups -OCH3 is 2. The Bertz CT molecular complexity index is 1530. The van der Waals surface area contributed by atoms with Gasteiger partial charge in [-0.25, -0.2) is 9.78 Å². The number of alkyl carbamates (subject to hydrolysis) is 1. The van der Waals surface area contributed by atoms with Gasteiger partial charge in [-0.2, -0.15) is 0 Å². The van der Waals surface area contributed by atoms with Crippen LogP contribution in [-0.2, 0) is 11.3 Å². The van der Waals surface area contributed by atoms with Crippen molar-refractivity contribution in [2.24, 2.45) is 17.3 Å². The molecular weight excluding hydrogens is 566 g/mol. The molecular formula is C36H49N5O4. The van der Waals surface area contributed by atoms with E-state index >= 15 is 0 Å². The predicted molar refractivity (Wildman–Crippen MR) is 180 cm³/mol. The van der Waals surface area contributed by atoms with Crippen LogP contribution in [0, 0.1) is 17.3 Å². The zero-order chi connectivity index (χ0) is 31.8. The van der Waals surface area contributed by atoms with Gasteiger partial charge in [0.25, 0.3) is 0 Å². The lowest BCUT2D eigenvalue weighted by atomic mass is 9.69. The molecule has 0 spiro atoms. The summed E-state index contributed by atoms with van der Waals surface area (Å²) < 4.78 is 16.6. The molecule has 4 aliphatic rings. The number of rotatable bonds is 12. The monoisotopic (exact) mass is 615 g/mol. The fraction of sp³-hybridized carbons (Fsp3) is 0.556. The summed E-state index contributed by atoms with van der Waals surface area (Å²) in [6.07, 6.45) is 6.74. The molecule has 0 radical (unpaired) electrons. The minimum Gasteiger partial charge on any atom is -0.497 e. The van der Waals surface area contributed by atoms with Crippen molar-refractivity contribution in [2.75, 3.05) is 42.8 Å². The van der Waals surface area contributed by atoms with Crippen LogP contribution in [0.15, 0.2) is 42.5 Å². The standard InChI is InChI=1S/C36H49N5O4/c1-7-8-13-30-40-31-32(41(30)21-25-19-36(17-24(25)18-36)22-38-34(42)45-35(2,3)4)27-11-9-10-12-28(27)39-33(31)37-20-23-14-15-26(43-5)16-29(23)44-6/h9-12,14-16,24-25,30,40H,7-8,13,17-22H2,1-6H3,(H,37,39)(H,38,42). The smallest absolute Gasteiger partial charge is 0.407 e. The Labute approximate surface area is 267 Å². The Hall–Kier alpha value is -3.88. The number of aromatic nitrogens is 1. The average Bonchev–Trinajstić information content (AvgIpc) is 3.66. The van der Waals surface area contributed by atoms with Gasteiger partial charge in [0, 0.05) is 36.7 Å². The number of nitrogens with one attached hydrogen (secondary N) is 3. The molecule has 2 heterocycles. The zero-order valence-corrected chi connectivity index (χ0v) is 27.7. The molecule has 3 aliphatic carbocycles. The summed E-state index contributed by atoms with van der Waals surface area (Å²) >= 11 is 0. The third-order valence-electron chi connectivity index (χ3n) is 9.80. The van der Waals surface area contributed by atoms with Crippen molar-refractivity contribution in [1.82, 2.24) is 10.3 Å². The van der Waals surface area contributed by atoms with Crippen molar-refractivity contribution < 1.29 is 19.0 Å². The van der Waals surface area contributed by atoms with Crippen LogP contribution in [0.3, 0.4) is 0 Å². The van der Waals surface area contributed by atoms with Crippen LogP contribution in [0.2, 0.25) is 0 Å². The normalized spacial score (nSPS) is 23.2. The highest BCUT2D eigenvalue weighted by atomic mass is 16.6. The van der Waals surface area contributed by atoms with Gasteiger partial charge in [-0.05, 0) is 88.3 Å². The van der Waals surface area contributed by atoms with Gasteiger partial charge < -0.3 is 35.1 Å². The van der Waals surface area contributed by atoms with E-state index in [1.807, 2.05) is 39.0 Å². The summed E-state index contributed by atoms with van der Waals surface area (Å²) in [5.41, 5.74) is 4.04. The summed E-state index contributed by atoms with van der Waals surface area (Å²) in [6, 6.07) is 14.4. The molecule has 2 unspecified atom stereocenters. The van der Waals surface area contributed by atoms with E-state index in [0.29, 0.717) is 24.9 Å². The van der Waals surface area contributed by atoms with E-state index in [1.54, 1.807) is 14.2 Å². The minimum atomic E-state index is -0.488. The first-order chi connectivity index (χ1) is 21.6. The van der Waals surface area contributed by atoms with Crippen molar-refractivity contribution in [3.05, 3.63) is 48.0 Å². The van der Waals surface area contributed by atoms with Gasteiger partial charge in [-0.3, -0.25) is 0 Å². The van der Waals surface area contributed by atoms with Crippen molar-refractivity contribution in [3.8, 4) is 11.5 Å². The van der Waals surface area contributed by atoms with Crippen molar-refractivity contribution in [2.45, 2.75) is 84.5 Å². The maximum atomic E-state index is 12.4. The number of ether oxygens (including phenoxy) is 3. The number of para-hydroxylation sites is 1. The molecule has 3 saturated carbocycles. The summed E-state index contributed by atoms with van der Waals surface area (Å²) in [5.74, 6) is 3.68. The van der Waals surface area contributed by atoms with Crippen LogP contribution in [0.5, 0.6) is 11.5 Å². The molecule has 9 heteroatoms. The zero-order valence-electron chi connectivity index (χ0n) is 27.7. The Kier molecular flexibility index (Phi) is 8.63. The van der Waals surface area contributed by atoms with Crippen LogP contribution in [0.4, 0.5) is 22.0 Å². The molecule has 3 N–H and O–H groups in total. The van der Waals surface area contributed by atoms with Crippen LogP contribution in [0.25, 0.3) is 10.9 Å². The summed E-state index contributed by atoms with van der Waals surface area (Å²) in [4.78, 5) is 20.2. The second kappa shape index (κ2) is 12.5. The molecule has 2 aromatic carbocycles. The second-order valence-corrected chi connectivity index (χ2v) is 14.2. The Balaban J connectivity index is 1.25. The lowest BCUT2D eigenvalue weighted by Crippen LogP contribution is -2.43. The first-order valence-electron chi connectivity index (χ1n) is 16.5. The van der Waals surface area contributed by atoms with Gasteiger partial charge in [0.05, 0.1) is 31.6 Å². The molecule has 2 bridgehead atoms. The van der Waals surface area contributed by atoms with Crippen LogP contribution < -0.4 is 30.3 Å². The first kappa shape index (κ1) is 31.1. The molecule has 1 amide bonds. The number of anilines is 3. The Morgan fingerprint density at radius 1 is 1.11 bits per heavy atom. The third kappa shape index (κ3) is 6.44. The maximum Gasteiger partial charge on any atom is 0.407 e. The highest BCUT2D eigenvalue weighted by molar-refractivity contribution is 6.04. The quantitative estimate of drug-likeness (QED) is 0.192. The van der Waals surface area contributed by atoms with E-state index in [1.165, 1.54) is 23.9 Å². The number of amides is 1. The van der Waals surface area contributed by atoms with E-state index in [0.717, 1.165) is 66.3 Å². The van der Waals surface area contributed by atoms with Gasteiger partial charge >= 0.3 is 6.09 Å². The molecule has 45 heavy (non-hydrogen) atoms. The number of hydrogen-bond acceptors (Lipinski definition) is 8. The van der Waals surface area contributed by atoms with Gasteiger partial charge in [-0.1, -0.05) is 31.5 Å². The summed E-state index contributed by atoms with van der Waals surface area (Å²) in [7, 11) is 3.35. The van der Waals surface area contributed by atoms with Crippen molar-refractivity contribution in [1.29, 1.82) is 0 Å². The minimum absolute atomic E-state index is 0.186. The number of pyridine rings is 1. The van der Waals surface area contributed by atoms with E-state index in [-0.39, 0.29) is 17.7 Å². The number of benzene rings is 2. The van der Waals surface area contributed by atoms with E-state index in [4.69, 9.17) is 19.2 Å². The fourth-order valence-corrected chi connectivity index (χ4v) is 7.71. The van der Waals surface area contributed by atoms with Gasteiger partial charge in [0.2, 0.25) is 0 Å². The molecule has 0 saturated heterocycles. The molecule has 242 valence electrons. The molecule has 3 aromatic rings. The van der Waals surface area contributed by atoms with Gasteiger partial charge in [0.15, 0.2) is 5.82 Å². The fourth-order valence-electron chi connectivity index (χ4n) is 7.71. The number of hydrogen-bond donors (Lipinski definition) is 3. The van der Waals surface area contributed by atoms with Gasteiger partial charge in [-0.15, -0.1) is 0 Å². The highest BCUT2D eigenvalue weighted by Crippen LogP contribution is 2.62. The topological polar surface area (TPSA) is 97.0 Å². The maximum absolute atomic E-state index is 12.4. The Morgan fingerprint density at radius 3 is 2.64 bits per heavy atom. The Morgan fingerprint density at radius 2 is 1.91 bits per heavy atom. The molecule has 7 rings (SSSR count). The largest absolute Gasteiger partial charge is 0.497 e. The predicted octanol–water partition coefficient (Wildman–Crippen LogP) is 7.55. The van der Waals surface area contributed by atoms with Crippen molar-refractivity contribution in [3.63, 3.8) is 0 Å². The summed E-state index contributed by atoms with van der Waals surface area (Å²) in [6.45, 7) is 10.2. The summed E-state index contributed by atoms with van der Waals surface area (Å²) in [5, 5.41) is 11.8. The molecule has 3 fully saturated rings. The van der Waals surface area contributed by atoms with E-state index < -0.39 is 5.60 Å². The van der Waals surface area contributed by atoms with Crippen molar-refractivity contribution >= 4 is 34.2 Å². The van der Waals surface area contributed by atoms with Gasteiger partial charge in [0.1, 0.15) is 22.8 Å². The number of carbonyl (C=O) groups excluding carboxylic acids is 1. The van der Waals surface area contributed by atoms with E-state index in [2.05, 4.69) is 52.0 Å². The number of fused-ring (bicyclic) bond motifs is 4. The molecule has 9 nitrogen and oxygen atoms in total. The van der Waals surface area contributed by atoms with Crippen LogP contribution in [0.1, 0.15) is 71.8 Å². The lowest BCUT2D eigenvalue weighted by molar-refractivity contribution is 0.0461. The number of unbranched alkanes of at least 4 members (excludes halogenated alkanes) is 1. The third-order valence-corrected chi connectivity index (χ3v) is 9.80. The number of nitrogens with zero attached hydrogens (tertiary/aromatic N) is 2. The SMILES string of the molecule is CCCCC1Nc2c(NCc3ccc(OC)cc3OC)nc3ccccc3c2N1CC1CC2(CNC(=O)OC(C)(C)C)CC1C2. The van der Waals surface area contributed by atoms with Crippen LogP contribution in [-0.4, -0.2) is 50.2 Å². The molecule has 1 aromatic heterocycles. The second-order valence-electron chi connectivity index (χ2n) is 14.2. The van der Waals surface area contributed by atoms with Crippen LogP contribution >= 0.6 is 0 Å². The number of carbonyl (C=O) groups is 1. The average molecular weight is 616 g/mol.